The number of halogens is 1. The highest BCUT2D eigenvalue weighted by Crippen LogP contribution is 2.27. The Morgan fingerprint density at radius 1 is 0.974 bits per heavy atom. The van der Waals surface area contributed by atoms with E-state index in [-0.39, 0.29) is 30.6 Å². The average molecular weight is 547 g/mol. The number of nitrogens with zero attached hydrogens (tertiary/aromatic N) is 2. The summed E-state index contributed by atoms with van der Waals surface area (Å²) in [6.45, 7) is 1.21. The number of ether oxygens (including phenoxy) is 1. The zero-order valence-electron chi connectivity index (χ0n) is 21.7. The summed E-state index contributed by atoms with van der Waals surface area (Å²) >= 11 is 1.29. The Labute approximate surface area is 231 Å². The number of hydrogen-bond donors (Lipinski definition) is 2. The monoisotopic (exact) mass is 546 g/mol. The lowest BCUT2D eigenvalue weighted by atomic mass is 9.88. The quantitative estimate of drug-likeness (QED) is 0.231. The number of carbonyl (C=O) groups excluding carboxylic acids is 2. The van der Waals surface area contributed by atoms with E-state index in [9.17, 15) is 14.0 Å². The minimum Gasteiger partial charge on any atom is -0.383 e. The molecule has 1 heterocycles. The maximum Gasteiger partial charge on any atom is 0.322 e. The summed E-state index contributed by atoms with van der Waals surface area (Å²) in [6.07, 6.45) is 0.734. The van der Waals surface area contributed by atoms with Gasteiger partial charge in [-0.2, -0.15) is 0 Å². The number of aromatic nitrogens is 1. The number of carbonyl (C=O) groups is 2. The molecule has 7 nitrogen and oxygen atoms in total. The Balaban J connectivity index is 1.36. The number of para-hydroxylation sites is 1. The first kappa shape index (κ1) is 27.9. The van der Waals surface area contributed by atoms with Crippen LogP contribution in [0, 0.1) is 5.82 Å². The van der Waals surface area contributed by atoms with Gasteiger partial charge in [0.2, 0.25) is 0 Å². The third-order valence-corrected chi connectivity index (χ3v) is 7.03. The minimum absolute atomic E-state index is 0.0911. The normalized spacial score (nSPS) is 10.8. The lowest BCUT2D eigenvalue weighted by molar-refractivity contribution is 0.0948. The van der Waals surface area contributed by atoms with Crippen LogP contribution in [-0.2, 0) is 11.3 Å². The summed E-state index contributed by atoms with van der Waals surface area (Å²) in [5.74, 6) is -0.634. The van der Waals surface area contributed by atoms with Gasteiger partial charge < -0.3 is 20.3 Å². The van der Waals surface area contributed by atoms with Crippen molar-refractivity contribution in [1.82, 2.24) is 15.2 Å². The van der Waals surface area contributed by atoms with Crippen LogP contribution in [0.3, 0.4) is 0 Å². The highest BCUT2D eigenvalue weighted by Gasteiger charge is 2.19. The van der Waals surface area contributed by atoms with Crippen molar-refractivity contribution in [3.8, 4) is 0 Å². The summed E-state index contributed by atoms with van der Waals surface area (Å²) in [5.41, 5.74) is 2.78. The van der Waals surface area contributed by atoms with E-state index in [2.05, 4.69) is 39.9 Å². The van der Waals surface area contributed by atoms with Gasteiger partial charge in [0.15, 0.2) is 0 Å². The van der Waals surface area contributed by atoms with Crippen molar-refractivity contribution in [2.75, 3.05) is 32.1 Å². The predicted octanol–water partition coefficient (Wildman–Crippen LogP) is 5.91. The largest absolute Gasteiger partial charge is 0.383 e. The fourth-order valence-electron chi connectivity index (χ4n) is 4.18. The third-order valence-electron chi connectivity index (χ3n) is 6.20. The zero-order valence-corrected chi connectivity index (χ0v) is 22.5. The lowest BCUT2D eigenvalue weighted by Crippen LogP contribution is -2.37. The van der Waals surface area contributed by atoms with Crippen LogP contribution in [-0.4, -0.2) is 48.6 Å². The molecule has 4 aromatic rings. The Hall–Kier alpha value is -4.08. The lowest BCUT2D eigenvalue weighted by Gasteiger charge is -2.22. The van der Waals surface area contributed by atoms with Gasteiger partial charge in [-0.15, -0.1) is 11.3 Å². The van der Waals surface area contributed by atoms with Gasteiger partial charge in [-0.1, -0.05) is 72.8 Å². The molecule has 0 aliphatic carbocycles. The third kappa shape index (κ3) is 7.95. The molecule has 3 amide bonds. The highest BCUT2D eigenvalue weighted by atomic mass is 32.1. The van der Waals surface area contributed by atoms with Gasteiger partial charge in [0.1, 0.15) is 16.5 Å². The van der Waals surface area contributed by atoms with Crippen LogP contribution in [0.1, 0.15) is 39.0 Å². The van der Waals surface area contributed by atoms with Crippen molar-refractivity contribution in [1.29, 1.82) is 0 Å². The molecular weight excluding hydrogens is 515 g/mol. The molecule has 0 unspecified atom stereocenters. The molecule has 2 N–H and O–H groups in total. The number of amides is 3. The number of benzene rings is 3. The summed E-state index contributed by atoms with van der Waals surface area (Å²) in [4.78, 5) is 31.6. The van der Waals surface area contributed by atoms with Crippen molar-refractivity contribution >= 4 is 29.0 Å². The molecule has 0 saturated heterocycles. The van der Waals surface area contributed by atoms with Crippen LogP contribution < -0.4 is 10.6 Å². The van der Waals surface area contributed by atoms with Crippen LogP contribution in [0.5, 0.6) is 0 Å². The molecule has 4 rings (SSSR count). The molecule has 0 atom stereocenters. The molecule has 1 aromatic heterocycles. The summed E-state index contributed by atoms with van der Waals surface area (Å²) in [6, 6.07) is 26.0. The number of nitrogens with one attached hydrogen (secondary N) is 2. The molecule has 39 heavy (non-hydrogen) atoms. The molecule has 9 heteroatoms. The molecule has 202 valence electrons. The number of hydrogen-bond acceptors (Lipinski definition) is 5. The van der Waals surface area contributed by atoms with Gasteiger partial charge in [-0.3, -0.25) is 4.79 Å². The number of anilines is 1. The molecule has 0 spiro atoms. The van der Waals surface area contributed by atoms with E-state index in [0.29, 0.717) is 23.9 Å². The number of methoxy groups -OCH3 is 1. The molecule has 0 bridgehead atoms. The minimum atomic E-state index is -0.521. The van der Waals surface area contributed by atoms with E-state index >= 15 is 0 Å². The first-order valence-corrected chi connectivity index (χ1v) is 13.5. The first-order chi connectivity index (χ1) is 19.0. The van der Waals surface area contributed by atoms with Gasteiger partial charge in [0.25, 0.3) is 5.91 Å². The Morgan fingerprint density at radius 2 is 1.62 bits per heavy atom. The Morgan fingerprint density at radius 3 is 2.26 bits per heavy atom. The van der Waals surface area contributed by atoms with E-state index in [1.165, 1.54) is 39.5 Å². The van der Waals surface area contributed by atoms with E-state index in [1.807, 2.05) is 36.4 Å². The second-order valence-corrected chi connectivity index (χ2v) is 9.81. The molecule has 0 saturated carbocycles. The Bertz CT molecular complexity index is 1310. The van der Waals surface area contributed by atoms with E-state index < -0.39 is 11.8 Å². The molecule has 3 aromatic carbocycles. The summed E-state index contributed by atoms with van der Waals surface area (Å²) in [7, 11) is 1.54. The topological polar surface area (TPSA) is 83.6 Å². The first-order valence-electron chi connectivity index (χ1n) is 12.7. The fourth-order valence-corrected chi connectivity index (χ4v) is 4.97. The fraction of sp³-hybridized carbons (Fsp3) is 0.233. The van der Waals surface area contributed by atoms with E-state index in [0.717, 1.165) is 6.42 Å². The van der Waals surface area contributed by atoms with Crippen LogP contribution in [0.25, 0.3) is 0 Å². The summed E-state index contributed by atoms with van der Waals surface area (Å²) in [5, 5.41) is 7.84. The second-order valence-electron chi connectivity index (χ2n) is 8.87. The van der Waals surface area contributed by atoms with E-state index in [4.69, 9.17) is 4.74 Å². The Kier molecular flexibility index (Phi) is 10.2. The van der Waals surface area contributed by atoms with Crippen molar-refractivity contribution in [2.24, 2.45) is 0 Å². The number of rotatable bonds is 12. The van der Waals surface area contributed by atoms with Gasteiger partial charge in [-0.25, -0.2) is 14.2 Å². The standard InChI is InChI=1S/C30H31FN4O3S/c1-38-19-18-35(30(37)34-26-15-9-8-14-25(26)31)20-28-33-27(21-39-28)29(36)32-17-16-24(22-10-4-2-5-11-22)23-12-6-3-7-13-23/h2-15,21,24H,16-20H2,1H3,(H,32,36)(H,34,37). The van der Waals surface area contributed by atoms with Crippen molar-refractivity contribution in [3.63, 3.8) is 0 Å². The number of urea groups is 1. The smallest absolute Gasteiger partial charge is 0.322 e. The van der Waals surface area contributed by atoms with Crippen LogP contribution in [0.4, 0.5) is 14.9 Å². The maximum atomic E-state index is 14.0. The van der Waals surface area contributed by atoms with Gasteiger partial charge in [0, 0.05) is 31.5 Å². The molecular formula is C30H31FN4O3S. The van der Waals surface area contributed by atoms with E-state index in [1.54, 1.807) is 24.6 Å². The van der Waals surface area contributed by atoms with Crippen molar-refractivity contribution in [2.45, 2.75) is 18.9 Å². The highest BCUT2D eigenvalue weighted by molar-refractivity contribution is 7.09. The molecule has 0 aliphatic rings. The SMILES string of the molecule is COCCN(Cc1nc(C(=O)NCCC(c2ccccc2)c2ccccc2)cs1)C(=O)Nc1ccccc1F. The predicted molar refractivity (Wildman–Crippen MR) is 151 cm³/mol. The van der Waals surface area contributed by atoms with Crippen molar-refractivity contribution < 1.29 is 18.7 Å². The van der Waals surface area contributed by atoms with Crippen LogP contribution >= 0.6 is 11.3 Å². The average Bonchev–Trinajstić information content (AvgIpc) is 3.44. The molecule has 0 aliphatic heterocycles. The van der Waals surface area contributed by atoms with Crippen molar-refractivity contribution in [3.05, 3.63) is 118 Å². The van der Waals surface area contributed by atoms with Crippen LogP contribution in [0.2, 0.25) is 0 Å². The number of thiazole rings is 1. The maximum absolute atomic E-state index is 14.0. The summed E-state index contributed by atoms with van der Waals surface area (Å²) < 4.78 is 19.1. The zero-order chi connectivity index (χ0) is 27.5. The second kappa shape index (κ2) is 14.2. The van der Waals surface area contributed by atoms with Gasteiger partial charge in [0.05, 0.1) is 18.8 Å². The van der Waals surface area contributed by atoms with Crippen LogP contribution in [0.15, 0.2) is 90.3 Å². The van der Waals surface area contributed by atoms with Gasteiger partial charge >= 0.3 is 6.03 Å². The molecule has 0 radical (unpaired) electrons. The van der Waals surface area contributed by atoms with Gasteiger partial charge in [-0.05, 0) is 29.7 Å². The molecule has 0 fully saturated rings.